The molecule has 5 nitrogen and oxygen atoms in total. The molecule has 60 heavy (non-hydrogen) atoms. The van der Waals surface area contributed by atoms with E-state index in [1.807, 2.05) is 127 Å². The van der Waals surface area contributed by atoms with Crippen molar-refractivity contribution in [1.29, 1.82) is 0 Å². The van der Waals surface area contributed by atoms with Crippen LogP contribution in [0, 0.1) is 0 Å². The van der Waals surface area contributed by atoms with Crippen molar-refractivity contribution in [2.75, 3.05) is 13.2 Å². The molecule has 1 aliphatic rings. The number of Topliss-reactive ketones (excluding diaryl/α,β-unsaturated/α-hetero) is 1. The highest BCUT2D eigenvalue weighted by molar-refractivity contribution is 7.95. The van der Waals surface area contributed by atoms with Crippen molar-refractivity contribution in [2.45, 2.75) is 52.4 Å². The average molecular weight is 811 g/mol. The first-order valence-electron chi connectivity index (χ1n) is 21.0. The lowest BCUT2D eigenvalue weighted by Crippen LogP contribution is -2.28. The molecule has 0 saturated heterocycles. The number of carbonyl (C=O) groups is 1. The first kappa shape index (κ1) is 40.5. The molecule has 8 rings (SSSR count). The molecule has 0 aliphatic heterocycles. The van der Waals surface area contributed by atoms with Crippen molar-refractivity contribution in [1.82, 2.24) is 0 Å². The van der Waals surface area contributed by atoms with E-state index in [0.717, 1.165) is 73.6 Å². The van der Waals surface area contributed by atoms with Crippen LogP contribution in [0.25, 0.3) is 0 Å². The molecular weight excluding hydrogens is 760 g/mol. The van der Waals surface area contributed by atoms with Gasteiger partial charge in [-0.1, -0.05) is 159 Å². The van der Waals surface area contributed by atoms with E-state index in [2.05, 4.69) is 50.2 Å². The third kappa shape index (κ3) is 8.28. The molecule has 0 unspecified atom stereocenters. The zero-order chi connectivity index (χ0) is 41.5. The Morgan fingerprint density at radius 1 is 0.483 bits per heavy atom. The van der Waals surface area contributed by atoms with E-state index < -0.39 is 6.89 Å². The van der Waals surface area contributed by atoms with Gasteiger partial charge in [0.1, 0.15) is 23.0 Å². The summed E-state index contributed by atoms with van der Waals surface area (Å²) in [5, 5.41) is 27.3. The second kappa shape index (κ2) is 18.3. The molecule has 0 aromatic heterocycles. The minimum atomic E-state index is -2.64. The Labute approximate surface area is 353 Å². The lowest BCUT2D eigenvalue weighted by Gasteiger charge is -2.28. The second-order valence-electron chi connectivity index (χ2n) is 15.5. The normalized spacial score (nSPS) is 12.4. The van der Waals surface area contributed by atoms with Gasteiger partial charge < -0.3 is 19.7 Å². The van der Waals surface area contributed by atoms with E-state index in [4.69, 9.17) is 9.47 Å². The highest BCUT2D eigenvalue weighted by Gasteiger charge is 2.28. The minimum Gasteiger partial charge on any atom is -0.507 e. The van der Waals surface area contributed by atoms with Crippen LogP contribution in [0.4, 0.5) is 0 Å². The summed E-state index contributed by atoms with van der Waals surface area (Å²) in [5.41, 5.74) is 7.06. The van der Waals surface area contributed by atoms with Crippen LogP contribution >= 0.6 is 6.89 Å². The number of hydrogen-bond acceptors (Lipinski definition) is 5. The van der Waals surface area contributed by atoms with Gasteiger partial charge >= 0.3 is 0 Å². The van der Waals surface area contributed by atoms with Crippen LogP contribution in [0.15, 0.2) is 158 Å². The lowest BCUT2D eigenvalue weighted by atomic mass is 9.90. The highest BCUT2D eigenvalue weighted by Crippen LogP contribution is 2.45. The maximum absolute atomic E-state index is 15.3. The van der Waals surface area contributed by atoms with Crippen LogP contribution in [0.1, 0.15) is 81.6 Å². The maximum Gasteiger partial charge on any atom is 0.186 e. The van der Waals surface area contributed by atoms with Crippen LogP contribution in [0.2, 0.25) is 0 Å². The number of phenols is 2. The largest absolute Gasteiger partial charge is 0.507 e. The van der Waals surface area contributed by atoms with E-state index in [0.29, 0.717) is 55.6 Å². The quantitative estimate of drug-likeness (QED) is 0.101. The number of ether oxygens (including phenoxy) is 2. The third-order valence-corrected chi connectivity index (χ3v) is 15.3. The van der Waals surface area contributed by atoms with E-state index in [1.54, 1.807) is 0 Å². The van der Waals surface area contributed by atoms with Crippen molar-refractivity contribution < 1.29 is 24.5 Å². The fourth-order valence-electron chi connectivity index (χ4n) is 8.44. The number of ketones is 1. The number of phenolic OH excluding ortho intramolecular Hbond substituents is 2. The number of carbonyl (C=O) groups excluding carboxylic acids is 1. The smallest absolute Gasteiger partial charge is 0.186 e. The van der Waals surface area contributed by atoms with Crippen LogP contribution in [0.3, 0.4) is 0 Å². The van der Waals surface area contributed by atoms with Crippen molar-refractivity contribution in [3.05, 3.63) is 208 Å². The summed E-state index contributed by atoms with van der Waals surface area (Å²) in [6.45, 7) is 2.55. The number of hydrogen-bond donors (Lipinski definition) is 2. The van der Waals surface area contributed by atoms with Crippen LogP contribution in [0.5, 0.6) is 23.0 Å². The Bertz CT molecular complexity index is 2460. The molecule has 0 fully saturated rings. The summed E-state index contributed by atoms with van der Waals surface area (Å²) in [6, 6.07) is 52.9. The topological polar surface area (TPSA) is 76.0 Å². The highest BCUT2D eigenvalue weighted by atomic mass is 31.2. The molecule has 0 amide bonds. The van der Waals surface area contributed by atoms with Gasteiger partial charge in [-0.3, -0.25) is 4.79 Å². The fourth-order valence-corrected chi connectivity index (χ4v) is 12.2. The molecule has 0 radical (unpaired) electrons. The van der Waals surface area contributed by atoms with Gasteiger partial charge in [0.05, 0.1) is 13.2 Å². The molecule has 2 N–H and O–H groups in total. The van der Waals surface area contributed by atoms with E-state index in [-0.39, 0.29) is 17.3 Å². The van der Waals surface area contributed by atoms with E-state index in [9.17, 15) is 10.2 Å². The molecule has 8 bridgehead atoms. The minimum absolute atomic E-state index is 0.113. The van der Waals surface area contributed by atoms with Gasteiger partial charge in [0.2, 0.25) is 0 Å². The first-order chi connectivity index (χ1) is 29.4. The molecule has 6 heteroatoms. The fraction of sp³-hybridized carbons (Fsp3) is 0.185. The zero-order valence-electron chi connectivity index (χ0n) is 34.3. The van der Waals surface area contributed by atoms with E-state index >= 15 is 4.79 Å². The lowest BCUT2D eigenvalue weighted by molar-refractivity contribution is 0.107. The van der Waals surface area contributed by atoms with Crippen molar-refractivity contribution in [3.63, 3.8) is 0 Å². The second-order valence-corrected chi connectivity index (χ2v) is 18.8. The van der Waals surface area contributed by atoms with E-state index in [1.165, 1.54) is 0 Å². The van der Waals surface area contributed by atoms with Crippen molar-refractivity contribution in [2.24, 2.45) is 0 Å². The SMILES string of the molecule is CCCOc1c2cccc1Cc1cc(C(=O)C=P(c3ccccc3)(c3ccccc3)c3ccccc3)cc(c1O)Cc1cccc(c1OCCC)Cc1cccc(c1O)C2. The molecule has 1 aliphatic carbocycles. The van der Waals surface area contributed by atoms with Gasteiger partial charge in [0.15, 0.2) is 5.78 Å². The number of rotatable bonds is 11. The Hall–Kier alpha value is -6.29. The van der Waals surface area contributed by atoms with Gasteiger partial charge in [0.25, 0.3) is 0 Å². The summed E-state index contributed by atoms with van der Waals surface area (Å²) >= 11 is 0. The van der Waals surface area contributed by atoms with Gasteiger partial charge in [-0.05, 0) is 98.1 Å². The molecule has 0 heterocycles. The Morgan fingerprint density at radius 3 is 1.18 bits per heavy atom. The molecule has 7 aromatic rings. The maximum atomic E-state index is 15.3. The van der Waals surface area contributed by atoms with Crippen molar-refractivity contribution in [3.8, 4) is 23.0 Å². The summed E-state index contributed by atoms with van der Waals surface area (Å²) in [5.74, 6) is 3.75. The molecular formula is C54H51O5P. The van der Waals surface area contributed by atoms with Gasteiger partial charge in [-0.2, -0.15) is 0 Å². The predicted octanol–water partition coefficient (Wildman–Crippen LogP) is 10.3. The summed E-state index contributed by atoms with van der Waals surface area (Å²) in [6.07, 6.45) is 3.21. The average Bonchev–Trinajstić information content (AvgIpc) is 3.28. The van der Waals surface area contributed by atoms with Gasteiger partial charge in [-0.15, -0.1) is 0 Å². The molecule has 302 valence electrons. The monoisotopic (exact) mass is 810 g/mol. The van der Waals surface area contributed by atoms with Gasteiger partial charge in [-0.25, -0.2) is 0 Å². The number of aromatic hydroxyl groups is 2. The Morgan fingerprint density at radius 2 is 0.817 bits per heavy atom. The summed E-state index contributed by atoms with van der Waals surface area (Å²) in [7, 11) is 0. The summed E-state index contributed by atoms with van der Waals surface area (Å²) in [4.78, 5) is 15.3. The molecule has 0 atom stereocenters. The molecule has 0 saturated carbocycles. The zero-order valence-corrected chi connectivity index (χ0v) is 35.2. The van der Waals surface area contributed by atoms with Crippen molar-refractivity contribution >= 4 is 34.4 Å². The van der Waals surface area contributed by atoms with Gasteiger partial charge in [0, 0.05) is 31.2 Å². The van der Waals surface area contributed by atoms with Crippen LogP contribution in [-0.4, -0.2) is 35.0 Å². The first-order valence-corrected chi connectivity index (χ1v) is 22.8. The predicted molar refractivity (Wildman–Crippen MR) is 247 cm³/mol. The standard InChI is InChI=1S/C54H51O5P/c1-3-29-58-53-40-19-15-21-42(53)33-45-35-44(50(55)37-60(47-23-8-5-9-24-47,48-25-10-6-11-26-48)49-27-12-7-13-28-49)36-46(52(45)57)34-43-22-16-20-41(54(43)59-30-4-2)32-39-18-14-17-38(31-40)51(39)56/h5-28,35-37,56-57H,3-4,29-34H2,1-2H3. The Kier molecular flexibility index (Phi) is 12.4. The molecule has 0 spiro atoms. The number of para-hydroxylation sites is 3. The summed E-state index contributed by atoms with van der Waals surface area (Å²) < 4.78 is 13.0. The number of fused-ring (bicyclic) bond motifs is 8. The number of benzene rings is 7. The third-order valence-electron chi connectivity index (χ3n) is 11.3. The van der Waals surface area contributed by atoms with Crippen LogP contribution in [-0.2, 0) is 25.7 Å². The molecule has 7 aromatic carbocycles. The van der Waals surface area contributed by atoms with Crippen LogP contribution < -0.4 is 25.4 Å². The Balaban J connectivity index is 1.37.